The molecule has 24 heavy (non-hydrogen) atoms. The standard InChI is InChI=1S/C15H18N8O/c1-24-12-6-11(16-7-17-12)22-10-2-4-23(5-3-10)15-13-14(19-8-18-13)20-9-21-15/h6-10H,2-5H2,1H3,(H,16,17,22)(H,18,19,20,21). The topological polar surface area (TPSA) is 105 Å². The zero-order valence-electron chi connectivity index (χ0n) is 13.3. The first-order valence-corrected chi connectivity index (χ1v) is 7.85. The van der Waals surface area contributed by atoms with Crippen molar-refractivity contribution in [3.63, 3.8) is 0 Å². The second-order valence-corrected chi connectivity index (χ2v) is 5.65. The molecule has 0 saturated carbocycles. The van der Waals surface area contributed by atoms with E-state index in [0.717, 1.165) is 43.1 Å². The maximum absolute atomic E-state index is 5.13. The van der Waals surface area contributed by atoms with Crippen molar-refractivity contribution in [2.24, 2.45) is 0 Å². The van der Waals surface area contributed by atoms with Crippen LogP contribution in [0.3, 0.4) is 0 Å². The Kier molecular flexibility index (Phi) is 3.81. The van der Waals surface area contributed by atoms with E-state index >= 15 is 0 Å². The van der Waals surface area contributed by atoms with E-state index in [1.165, 1.54) is 6.33 Å². The Morgan fingerprint density at radius 2 is 1.96 bits per heavy atom. The summed E-state index contributed by atoms with van der Waals surface area (Å²) in [5.41, 5.74) is 1.60. The predicted molar refractivity (Wildman–Crippen MR) is 89.1 cm³/mol. The van der Waals surface area contributed by atoms with Crippen LogP contribution in [0.25, 0.3) is 11.2 Å². The van der Waals surface area contributed by atoms with Gasteiger partial charge >= 0.3 is 0 Å². The summed E-state index contributed by atoms with van der Waals surface area (Å²) in [6.07, 6.45) is 6.71. The Balaban J connectivity index is 1.42. The van der Waals surface area contributed by atoms with Crippen molar-refractivity contribution in [1.82, 2.24) is 29.9 Å². The highest BCUT2D eigenvalue weighted by Crippen LogP contribution is 2.24. The van der Waals surface area contributed by atoms with E-state index in [9.17, 15) is 0 Å². The number of methoxy groups -OCH3 is 1. The number of H-pyrrole nitrogens is 1. The van der Waals surface area contributed by atoms with Gasteiger partial charge < -0.3 is 19.9 Å². The Morgan fingerprint density at radius 3 is 2.79 bits per heavy atom. The van der Waals surface area contributed by atoms with E-state index < -0.39 is 0 Å². The summed E-state index contributed by atoms with van der Waals surface area (Å²) in [5, 5.41) is 3.45. The van der Waals surface area contributed by atoms with Gasteiger partial charge in [0.15, 0.2) is 11.5 Å². The van der Waals surface area contributed by atoms with Crippen LogP contribution in [0.15, 0.2) is 25.0 Å². The quantitative estimate of drug-likeness (QED) is 0.737. The molecule has 1 saturated heterocycles. The van der Waals surface area contributed by atoms with E-state index in [4.69, 9.17) is 4.74 Å². The molecule has 0 radical (unpaired) electrons. The number of piperidine rings is 1. The largest absolute Gasteiger partial charge is 0.481 e. The highest BCUT2D eigenvalue weighted by molar-refractivity contribution is 5.82. The van der Waals surface area contributed by atoms with Crippen LogP contribution in [-0.4, -0.2) is 56.1 Å². The Bertz CT molecular complexity index is 827. The fourth-order valence-corrected chi connectivity index (χ4v) is 2.97. The van der Waals surface area contributed by atoms with Gasteiger partial charge in [0.25, 0.3) is 0 Å². The highest BCUT2D eigenvalue weighted by Gasteiger charge is 2.22. The molecule has 124 valence electrons. The van der Waals surface area contributed by atoms with Crippen LogP contribution < -0.4 is 15.0 Å². The third-order valence-corrected chi connectivity index (χ3v) is 4.20. The van der Waals surface area contributed by atoms with Crippen LogP contribution >= 0.6 is 0 Å². The van der Waals surface area contributed by atoms with Gasteiger partial charge in [0.1, 0.15) is 24.0 Å². The molecule has 3 aromatic rings. The lowest BCUT2D eigenvalue weighted by Gasteiger charge is -2.33. The van der Waals surface area contributed by atoms with E-state index in [1.54, 1.807) is 19.8 Å². The molecule has 1 aliphatic heterocycles. The molecule has 4 rings (SSSR count). The summed E-state index contributed by atoms with van der Waals surface area (Å²) in [4.78, 5) is 26.4. The van der Waals surface area contributed by atoms with E-state index in [0.29, 0.717) is 17.6 Å². The minimum Gasteiger partial charge on any atom is -0.481 e. The number of imidazole rings is 1. The van der Waals surface area contributed by atoms with Gasteiger partial charge in [-0.2, -0.15) is 0 Å². The molecule has 9 nitrogen and oxygen atoms in total. The van der Waals surface area contributed by atoms with Crippen LogP contribution in [0.5, 0.6) is 5.88 Å². The number of ether oxygens (including phenoxy) is 1. The normalized spacial score (nSPS) is 15.6. The van der Waals surface area contributed by atoms with Crippen molar-refractivity contribution in [2.45, 2.75) is 18.9 Å². The van der Waals surface area contributed by atoms with Crippen molar-refractivity contribution < 1.29 is 4.74 Å². The van der Waals surface area contributed by atoms with Crippen molar-refractivity contribution in [3.05, 3.63) is 25.0 Å². The number of anilines is 2. The number of aromatic nitrogens is 6. The van der Waals surface area contributed by atoms with Crippen LogP contribution in [0.2, 0.25) is 0 Å². The molecule has 0 aromatic carbocycles. The lowest BCUT2D eigenvalue weighted by molar-refractivity contribution is 0.397. The Hall–Kier alpha value is -2.97. The van der Waals surface area contributed by atoms with Crippen LogP contribution in [0.1, 0.15) is 12.8 Å². The molecule has 0 spiro atoms. The Morgan fingerprint density at radius 1 is 1.12 bits per heavy atom. The SMILES string of the molecule is COc1cc(NC2CCN(c3ncnc4nc[nH]c34)CC2)ncn1. The van der Waals surface area contributed by atoms with Crippen LogP contribution in [0, 0.1) is 0 Å². The average molecular weight is 326 g/mol. The zero-order valence-corrected chi connectivity index (χ0v) is 13.3. The van der Waals surface area contributed by atoms with Gasteiger partial charge in [-0.15, -0.1) is 0 Å². The molecule has 0 bridgehead atoms. The maximum Gasteiger partial charge on any atom is 0.218 e. The lowest BCUT2D eigenvalue weighted by atomic mass is 10.0. The predicted octanol–water partition coefficient (Wildman–Crippen LogP) is 1.23. The third-order valence-electron chi connectivity index (χ3n) is 4.20. The van der Waals surface area contributed by atoms with Crippen LogP contribution in [0.4, 0.5) is 11.6 Å². The average Bonchev–Trinajstić information content (AvgIpc) is 3.11. The molecule has 0 atom stereocenters. The molecule has 9 heteroatoms. The van der Waals surface area contributed by atoms with Gasteiger partial charge in [-0.25, -0.2) is 24.9 Å². The highest BCUT2D eigenvalue weighted by atomic mass is 16.5. The van der Waals surface area contributed by atoms with Crippen molar-refractivity contribution in [2.75, 3.05) is 30.4 Å². The zero-order chi connectivity index (χ0) is 16.4. The van der Waals surface area contributed by atoms with Gasteiger partial charge in [-0.1, -0.05) is 0 Å². The summed E-state index contributed by atoms with van der Waals surface area (Å²) in [7, 11) is 1.60. The van der Waals surface area contributed by atoms with Gasteiger partial charge in [-0.3, -0.25) is 0 Å². The van der Waals surface area contributed by atoms with E-state index in [-0.39, 0.29) is 0 Å². The number of hydrogen-bond donors (Lipinski definition) is 2. The summed E-state index contributed by atoms with van der Waals surface area (Å²) in [5.74, 6) is 2.27. The molecule has 1 aliphatic rings. The third kappa shape index (κ3) is 2.80. The first kappa shape index (κ1) is 14.6. The van der Waals surface area contributed by atoms with Crippen molar-refractivity contribution in [1.29, 1.82) is 0 Å². The summed E-state index contributed by atoms with van der Waals surface area (Å²) < 4.78 is 5.13. The van der Waals surface area contributed by atoms with Gasteiger partial charge in [-0.05, 0) is 12.8 Å². The molecule has 0 amide bonds. The summed E-state index contributed by atoms with van der Waals surface area (Å²) in [6.45, 7) is 1.82. The molecule has 4 heterocycles. The minimum absolute atomic E-state index is 0.361. The molecule has 0 aliphatic carbocycles. The second kappa shape index (κ2) is 6.26. The molecule has 0 unspecified atom stereocenters. The second-order valence-electron chi connectivity index (χ2n) is 5.65. The van der Waals surface area contributed by atoms with Crippen LogP contribution in [-0.2, 0) is 0 Å². The van der Waals surface area contributed by atoms with E-state index in [2.05, 4.69) is 40.1 Å². The molecule has 3 aromatic heterocycles. The number of fused-ring (bicyclic) bond motifs is 1. The van der Waals surface area contributed by atoms with Gasteiger partial charge in [0.05, 0.1) is 13.4 Å². The monoisotopic (exact) mass is 326 g/mol. The fraction of sp³-hybridized carbons (Fsp3) is 0.400. The van der Waals surface area contributed by atoms with Crippen molar-refractivity contribution in [3.8, 4) is 5.88 Å². The smallest absolute Gasteiger partial charge is 0.218 e. The Labute approximate surface area is 138 Å². The number of nitrogens with zero attached hydrogens (tertiary/aromatic N) is 6. The lowest BCUT2D eigenvalue weighted by Crippen LogP contribution is -2.39. The molecular formula is C15H18N8O. The molecular weight excluding hydrogens is 308 g/mol. The molecule has 2 N–H and O–H groups in total. The first-order valence-electron chi connectivity index (χ1n) is 7.85. The minimum atomic E-state index is 0.361. The first-order chi connectivity index (χ1) is 11.8. The summed E-state index contributed by atoms with van der Waals surface area (Å²) in [6, 6.07) is 2.17. The number of rotatable bonds is 4. The fourth-order valence-electron chi connectivity index (χ4n) is 2.97. The van der Waals surface area contributed by atoms with Gasteiger partial charge in [0.2, 0.25) is 5.88 Å². The maximum atomic E-state index is 5.13. The van der Waals surface area contributed by atoms with E-state index in [1.807, 2.05) is 6.07 Å². The van der Waals surface area contributed by atoms with Crippen molar-refractivity contribution >= 4 is 22.8 Å². The number of aromatic amines is 1. The van der Waals surface area contributed by atoms with Gasteiger partial charge in [0, 0.05) is 25.2 Å². The number of nitrogens with one attached hydrogen (secondary N) is 2. The summed E-state index contributed by atoms with van der Waals surface area (Å²) >= 11 is 0. The number of hydrogen-bond acceptors (Lipinski definition) is 8. The molecule has 1 fully saturated rings.